The lowest BCUT2D eigenvalue weighted by Gasteiger charge is -2.31. The van der Waals surface area contributed by atoms with Crippen LogP contribution in [0.4, 0.5) is 13.2 Å². The van der Waals surface area contributed by atoms with E-state index in [0.29, 0.717) is 24.5 Å². The number of amides is 1. The summed E-state index contributed by atoms with van der Waals surface area (Å²) in [6, 6.07) is 14.9. The molecule has 1 N–H and O–H groups in total. The van der Waals surface area contributed by atoms with Crippen molar-refractivity contribution in [1.82, 2.24) is 15.2 Å². The van der Waals surface area contributed by atoms with Crippen LogP contribution in [0, 0.1) is 5.92 Å². The van der Waals surface area contributed by atoms with Crippen molar-refractivity contribution in [2.24, 2.45) is 5.92 Å². The molecule has 0 bridgehead atoms. The highest BCUT2D eigenvalue weighted by Gasteiger charge is 2.30. The standard InChI is InChI=1S/C25H28F3N3O2/c1-17(2)18(3)31(14-20-10-7-11-21(12-20)25(26,27)28)15-23-30-22(16-33-23)24(32)29-13-19-8-5-4-6-9-19/h4-12,16-18H,13-15H2,1-3H3,(H,29,32)/t18-/m1/s1. The molecule has 5 nitrogen and oxygen atoms in total. The van der Waals surface area contributed by atoms with Gasteiger partial charge in [-0.25, -0.2) is 4.98 Å². The number of rotatable bonds is 9. The first-order valence-corrected chi connectivity index (χ1v) is 10.8. The third-order valence-corrected chi connectivity index (χ3v) is 5.60. The summed E-state index contributed by atoms with van der Waals surface area (Å²) in [5, 5.41) is 2.80. The first-order valence-electron chi connectivity index (χ1n) is 10.8. The quantitative estimate of drug-likeness (QED) is 0.448. The molecule has 33 heavy (non-hydrogen) atoms. The summed E-state index contributed by atoms with van der Waals surface area (Å²) in [6.45, 7) is 7.02. The first kappa shape index (κ1) is 24.5. The highest BCUT2D eigenvalue weighted by Crippen LogP contribution is 2.30. The molecule has 0 unspecified atom stereocenters. The zero-order valence-electron chi connectivity index (χ0n) is 18.9. The fourth-order valence-electron chi connectivity index (χ4n) is 3.38. The molecule has 0 aliphatic rings. The van der Waals surface area contributed by atoms with Gasteiger partial charge in [0.25, 0.3) is 5.91 Å². The van der Waals surface area contributed by atoms with Crippen LogP contribution >= 0.6 is 0 Å². The van der Waals surface area contributed by atoms with Gasteiger partial charge in [-0.2, -0.15) is 13.2 Å². The Bertz CT molecular complexity index is 1050. The van der Waals surface area contributed by atoms with Crippen LogP contribution in [0.2, 0.25) is 0 Å². The SMILES string of the molecule is CC(C)[C@@H](C)N(Cc1cccc(C(F)(F)F)c1)Cc1nc(C(=O)NCc2ccccc2)co1. The summed E-state index contributed by atoms with van der Waals surface area (Å²) in [5.41, 5.74) is 1.00. The Hall–Kier alpha value is -3.13. The van der Waals surface area contributed by atoms with E-state index in [1.165, 1.54) is 12.3 Å². The van der Waals surface area contributed by atoms with Crippen molar-refractivity contribution in [1.29, 1.82) is 0 Å². The minimum atomic E-state index is -4.39. The number of oxazole rings is 1. The van der Waals surface area contributed by atoms with Crippen molar-refractivity contribution in [3.05, 3.63) is 89.1 Å². The molecule has 0 saturated heterocycles. The van der Waals surface area contributed by atoms with Crippen LogP contribution in [0.25, 0.3) is 0 Å². The number of halogens is 3. The maximum absolute atomic E-state index is 13.1. The number of carbonyl (C=O) groups is 1. The Kier molecular flexibility index (Phi) is 7.92. The summed E-state index contributed by atoms with van der Waals surface area (Å²) in [6.07, 6.45) is -3.09. The maximum atomic E-state index is 13.1. The van der Waals surface area contributed by atoms with Crippen molar-refractivity contribution in [3.63, 3.8) is 0 Å². The lowest BCUT2D eigenvalue weighted by molar-refractivity contribution is -0.137. The van der Waals surface area contributed by atoms with Gasteiger partial charge in [0, 0.05) is 19.1 Å². The van der Waals surface area contributed by atoms with E-state index < -0.39 is 11.7 Å². The average Bonchev–Trinajstić information content (AvgIpc) is 3.25. The zero-order valence-corrected chi connectivity index (χ0v) is 18.9. The molecule has 176 valence electrons. The molecule has 8 heteroatoms. The summed E-state index contributed by atoms with van der Waals surface area (Å²) in [4.78, 5) is 18.7. The highest BCUT2D eigenvalue weighted by atomic mass is 19.4. The molecular weight excluding hydrogens is 431 g/mol. The Balaban J connectivity index is 1.70. The van der Waals surface area contributed by atoms with E-state index in [-0.39, 0.29) is 30.1 Å². The van der Waals surface area contributed by atoms with E-state index in [9.17, 15) is 18.0 Å². The molecule has 3 aromatic rings. The molecule has 1 aromatic heterocycles. The lowest BCUT2D eigenvalue weighted by atomic mass is 10.0. The predicted molar refractivity (Wildman–Crippen MR) is 119 cm³/mol. The van der Waals surface area contributed by atoms with E-state index in [2.05, 4.69) is 10.3 Å². The largest absolute Gasteiger partial charge is 0.447 e. The average molecular weight is 460 g/mol. The van der Waals surface area contributed by atoms with Crippen molar-refractivity contribution in [2.45, 2.75) is 52.6 Å². The topological polar surface area (TPSA) is 58.4 Å². The van der Waals surface area contributed by atoms with Gasteiger partial charge in [-0.1, -0.05) is 62.4 Å². The second kappa shape index (κ2) is 10.7. The van der Waals surface area contributed by atoms with Crippen LogP contribution in [0.5, 0.6) is 0 Å². The minimum Gasteiger partial charge on any atom is -0.447 e. The first-order chi connectivity index (χ1) is 15.6. The second-order valence-electron chi connectivity index (χ2n) is 8.38. The number of carbonyl (C=O) groups excluding carboxylic acids is 1. The van der Waals surface area contributed by atoms with Crippen LogP contribution in [0.15, 0.2) is 65.3 Å². The van der Waals surface area contributed by atoms with Gasteiger partial charge in [0.1, 0.15) is 6.26 Å². The van der Waals surface area contributed by atoms with Crippen molar-refractivity contribution >= 4 is 5.91 Å². The van der Waals surface area contributed by atoms with Crippen LogP contribution in [0.1, 0.15) is 53.8 Å². The number of nitrogens with zero attached hydrogens (tertiary/aromatic N) is 2. The molecule has 3 rings (SSSR count). The molecule has 0 spiro atoms. The normalized spacial score (nSPS) is 12.8. The van der Waals surface area contributed by atoms with Gasteiger partial charge in [0.15, 0.2) is 5.69 Å². The van der Waals surface area contributed by atoms with E-state index >= 15 is 0 Å². The number of benzene rings is 2. The van der Waals surface area contributed by atoms with E-state index in [1.807, 2.05) is 56.0 Å². The van der Waals surface area contributed by atoms with Gasteiger partial charge in [-0.3, -0.25) is 9.69 Å². The summed E-state index contributed by atoms with van der Waals surface area (Å²) in [5.74, 6) is 0.230. The number of nitrogens with one attached hydrogen (secondary N) is 1. The van der Waals surface area contributed by atoms with Gasteiger partial charge >= 0.3 is 6.18 Å². The smallest absolute Gasteiger partial charge is 0.416 e. The van der Waals surface area contributed by atoms with E-state index in [4.69, 9.17) is 4.42 Å². The third-order valence-electron chi connectivity index (χ3n) is 5.60. The summed E-state index contributed by atoms with van der Waals surface area (Å²) < 4.78 is 44.9. The van der Waals surface area contributed by atoms with Crippen LogP contribution in [-0.4, -0.2) is 21.8 Å². The van der Waals surface area contributed by atoms with Gasteiger partial charge in [-0.15, -0.1) is 0 Å². The molecule has 1 amide bonds. The number of aromatic nitrogens is 1. The molecule has 0 aliphatic heterocycles. The number of hydrogen-bond acceptors (Lipinski definition) is 4. The van der Waals surface area contributed by atoms with Crippen LogP contribution in [0.3, 0.4) is 0 Å². The van der Waals surface area contributed by atoms with Crippen molar-refractivity contribution in [2.75, 3.05) is 0 Å². The fourth-order valence-corrected chi connectivity index (χ4v) is 3.38. The second-order valence-corrected chi connectivity index (χ2v) is 8.38. The fraction of sp³-hybridized carbons (Fsp3) is 0.360. The Morgan fingerprint density at radius 3 is 2.39 bits per heavy atom. The Morgan fingerprint density at radius 1 is 1.03 bits per heavy atom. The zero-order chi connectivity index (χ0) is 24.0. The van der Waals surface area contributed by atoms with Gasteiger partial charge < -0.3 is 9.73 Å². The molecule has 2 aromatic carbocycles. The van der Waals surface area contributed by atoms with Crippen LogP contribution < -0.4 is 5.32 Å². The predicted octanol–water partition coefficient (Wildman–Crippen LogP) is 5.67. The lowest BCUT2D eigenvalue weighted by Crippen LogP contribution is -2.36. The van der Waals surface area contributed by atoms with Crippen molar-refractivity contribution in [3.8, 4) is 0 Å². The molecular formula is C25H28F3N3O2. The van der Waals surface area contributed by atoms with Crippen LogP contribution in [-0.2, 0) is 25.8 Å². The molecule has 0 saturated carbocycles. The number of hydrogen-bond donors (Lipinski definition) is 1. The molecule has 1 atom stereocenters. The molecule has 0 radical (unpaired) electrons. The molecule has 0 aliphatic carbocycles. The molecule has 0 fully saturated rings. The van der Waals surface area contributed by atoms with E-state index in [0.717, 1.165) is 17.7 Å². The monoisotopic (exact) mass is 459 g/mol. The third kappa shape index (κ3) is 6.92. The Labute approximate surface area is 191 Å². The van der Waals surface area contributed by atoms with Gasteiger partial charge in [0.2, 0.25) is 5.89 Å². The van der Waals surface area contributed by atoms with Crippen molar-refractivity contribution < 1.29 is 22.4 Å². The molecule has 1 heterocycles. The summed E-state index contributed by atoms with van der Waals surface area (Å²) >= 11 is 0. The van der Waals surface area contributed by atoms with E-state index in [1.54, 1.807) is 6.07 Å². The number of alkyl halides is 3. The highest BCUT2D eigenvalue weighted by molar-refractivity contribution is 5.91. The minimum absolute atomic E-state index is 0.0433. The maximum Gasteiger partial charge on any atom is 0.416 e. The van der Waals surface area contributed by atoms with Gasteiger partial charge in [0.05, 0.1) is 12.1 Å². The summed E-state index contributed by atoms with van der Waals surface area (Å²) in [7, 11) is 0. The van der Waals surface area contributed by atoms with Gasteiger partial charge in [-0.05, 0) is 30.0 Å². The Morgan fingerprint density at radius 2 is 1.73 bits per heavy atom.